The number of carbonyl (C=O) groups is 1. The summed E-state index contributed by atoms with van der Waals surface area (Å²) in [5, 5.41) is 6.46. The summed E-state index contributed by atoms with van der Waals surface area (Å²) in [6, 6.07) is 9.61. The molecule has 1 aromatic carbocycles. The second kappa shape index (κ2) is 9.19. The first kappa shape index (κ1) is 21.7. The average molecular weight is 414 g/mol. The first-order chi connectivity index (χ1) is 14.2. The smallest absolute Gasteiger partial charge is 0.281 e. The fraction of sp³-hybridized carbons (Fsp3) is 0.381. The summed E-state index contributed by atoms with van der Waals surface area (Å²) >= 11 is 0. The van der Waals surface area contributed by atoms with Gasteiger partial charge in [0.05, 0.1) is 18.8 Å². The van der Waals surface area contributed by atoms with Crippen LogP contribution in [0, 0.1) is 5.82 Å². The highest BCUT2D eigenvalue weighted by Crippen LogP contribution is 2.21. The molecular formula is C21H27FN6O2. The monoisotopic (exact) mass is 414 g/mol. The van der Waals surface area contributed by atoms with E-state index in [4.69, 9.17) is 4.74 Å². The Bertz CT molecular complexity index is 893. The van der Waals surface area contributed by atoms with Crippen LogP contribution < -0.4 is 26.2 Å². The maximum absolute atomic E-state index is 13.2. The van der Waals surface area contributed by atoms with Gasteiger partial charge in [0.2, 0.25) is 11.8 Å². The van der Waals surface area contributed by atoms with Crippen LogP contribution in [-0.2, 0) is 0 Å². The molecular weight excluding hydrogens is 387 g/mol. The van der Waals surface area contributed by atoms with Crippen molar-refractivity contribution in [3.8, 4) is 5.88 Å². The summed E-state index contributed by atoms with van der Waals surface area (Å²) in [4.78, 5) is 20.9. The molecule has 160 valence electrons. The summed E-state index contributed by atoms with van der Waals surface area (Å²) in [5.74, 6) is 0.0808. The molecule has 8 nitrogen and oxygen atoms in total. The molecule has 1 aliphatic heterocycles. The van der Waals surface area contributed by atoms with E-state index in [0.29, 0.717) is 23.8 Å². The summed E-state index contributed by atoms with van der Waals surface area (Å²) in [6.07, 6.45) is 1.92. The highest BCUT2D eigenvalue weighted by atomic mass is 19.1. The number of nitrogens with zero attached hydrogens (tertiary/aromatic N) is 2. The molecule has 3 rings (SSSR count). The van der Waals surface area contributed by atoms with Crippen molar-refractivity contribution >= 4 is 11.9 Å². The second-order valence-electron chi connectivity index (χ2n) is 8.06. The Morgan fingerprint density at radius 3 is 2.53 bits per heavy atom. The molecule has 0 bridgehead atoms. The third-order valence-electron chi connectivity index (χ3n) is 4.39. The SMILES string of the molecule is COc1ccc(C(=O)/N=C(\NC2CC(c3ccc(F)cc3)NN2)NC(C)(C)C)cn1. The molecule has 30 heavy (non-hydrogen) atoms. The Morgan fingerprint density at radius 1 is 1.20 bits per heavy atom. The fourth-order valence-corrected chi connectivity index (χ4v) is 2.97. The molecule has 0 spiro atoms. The van der Waals surface area contributed by atoms with Crippen molar-refractivity contribution in [1.29, 1.82) is 0 Å². The van der Waals surface area contributed by atoms with Crippen LogP contribution in [0.5, 0.6) is 5.88 Å². The van der Waals surface area contributed by atoms with E-state index in [1.807, 2.05) is 20.8 Å². The van der Waals surface area contributed by atoms with Crippen molar-refractivity contribution < 1.29 is 13.9 Å². The number of rotatable bonds is 4. The van der Waals surface area contributed by atoms with Crippen LogP contribution in [0.15, 0.2) is 47.6 Å². The lowest BCUT2D eigenvalue weighted by molar-refractivity contribution is 0.100. The maximum atomic E-state index is 13.2. The lowest BCUT2D eigenvalue weighted by Crippen LogP contribution is -2.54. The van der Waals surface area contributed by atoms with Gasteiger partial charge in [-0.3, -0.25) is 4.79 Å². The number of hydrogen-bond donors (Lipinski definition) is 4. The van der Waals surface area contributed by atoms with Crippen LogP contribution >= 0.6 is 0 Å². The number of aromatic nitrogens is 1. The summed E-state index contributed by atoms with van der Waals surface area (Å²) in [5.41, 5.74) is 7.34. The van der Waals surface area contributed by atoms with Crippen LogP contribution in [0.25, 0.3) is 0 Å². The van der Waals surface area contributed by atoms with Crippen molar-refractivity contribution in [3.05, 3.63) is 59.5 Å². The Hall–Kier alpha value is -3.04. The van der Waals surface area contributed by atoms with Crippen molar-refractivity contribution in [2.45, 2.75) is 44.9 Å². The molecule has 2 aromatic rings. The molecule has 9 heteroatoms. The van der Waals surface area contributed by atoms with Crippen LogP contribution in [0.1, 0.15) is 49.2 Å². The van der Waals surface area contributed by atoms with Gasteiger partial charge in [0.15, 0.2) is 0 Å². The molecule has 1 aliphatic rings. The number of nitrogens with one attached hydrogen (secondary N) is 4. The molecule has 2 heterocycles. The van der Waals surface area contributed by atoms with E-state index in [9.17, 15) is 9.18 Å². The van der Waals surface area contributed by atoms with Gasteiger partial charge in [-0.25, -0.2) is 20.2 Å². The standard InChI is InChI=1S/C21H27FN6O2/c1-21(2,3)26-20(25-19(29)14-7-10-18(30-4)23-12-14)24-17-11-16(27-28-17)13-5-8-15(22)9-6-13/h5-10,12,16-17,27-28H,11H2,1-4H3,(H2,24,25,26,29). The minimum absolute atomic E-state index is 0.000441. The first-order valence-electron chi connectivity index (χ1n) is 9.68. The van der Waals surface area contributed by atoms with E-state index >= 15 is 0 Å². The number of ether oxygens (including phenoxy) is 1. The number of benzene rings is 1. The molecule has 2 unspecified atom stereocenters. The first-order valence-corrected chi connectivity index (χ1v) is 9.68. The number of pyridine rings is 1. The predicted octanol–water partition coefficient (Wildman–Crippen LogP) is 2.27. The van der Waals surface area contributed by atoms with Crippen LogP contribution in [0.4, 0.5) is 4.39 Å². The number of amides is 1. The van der Waals surface area contributed by atoms with Crippen molar-refractivity contribution in [2.75, 3.05) is 7.11 Å². The van der Waals surface area contributed by atoms with Gasteiger partial charge < -0.3 is 15.4 Å². The quantitative estimate of drug-likeness (QED) is 0.450. The topological polar surface area (TPSA) is 99.7 Å². The van der Waals surface area contributed by atoms with E-state index in [2.05, 4.69) is 31.5 Å². The number of hydrazine groups is 1. The number of halogens is 1. The number of carbonyl (C=O) groups excluding carboxylic acids is 1. The third-order valence-corrected chi connectivity index (χ3v) is 4.39. The molecule has 4 N–H and O–H groups in total. The van der Waals surface area contributed by atoms with E-state index in [0.717, 1.165) is 5.56 Å². The predicted molar refractivity (Wildman–Crippen MR) is 112 cm³/mol. The van der Waals surface area contributed by atoms with Crippen LogP contribution in [0.2, 0.25) is 0 Å². The van der Waals surface area contributed by atoms with Gasteiger partial charge in [-0.2, -0.15) is 4.99 Å². The largest absolute Gasteiger partial charge is 0.481 e. The van der Waals surface area contributed by atoms with Crippen molar-refractivity contribution in [2.24, 2.45) is 4.99 Å². The molecule has 0 saturated carbocycles. The summed E-state index contributed by atoms with van der Waals surface area (Å²) in [7, 11) is 1.51. The number of guanidine groups is 1. The Morgan fingerprint density at radius 2 is 1.93 bits per heavy atom. The van der Waals surface area contributed by atoms with Crippen LogP contribution in [-0.4, -0.2) is 35.7 Å². The highest BCUT2D eigenvalue weighted by molar-refractivity contribution is 6.02. The van der Waals surface area contributed by atoms with Gasteiger partial charge in [-0.05, 0) is 44.5 Å². The maximum Gasteiger partial charge on any atom is 0.281 e. The van der Waals surface area contributed by atoms with Gasteiger partial charge in [0, 0.05) is 30.3 Å². The fourth-order valence-electron chi connectivity index (χ4n) is 2.97. The summed E-state index contributed by atoms with van der Waals surface area (Å²) in [6.45, 7) is 5.93. The zero-order valence-electron chi connectivity index (χ0n) is 17.5. The number of hydrogen-bond acceptors (Lipinski definition) is 5. The van der Waals surface area contributed by atoms with Gasteiger partial charge in [0.1, 0.15) is 5.82 Å². The number of methoxy groups -OCH3 is 1. The Kier molecular flexibility index (Phi) is 6.63. The normalized spacial score (nSPS) is 19.4. The van der Waals surface area contributed by atoms with Gasteiger partial charge in [-0.15, -0.1) is 0 Å². The van der Waals surface area contributed by atoms with Crippen LogP contribution in [0.3, 0.4) is 0 Å². The molecule has 0 aliphatic carbocycles. The highest BCUT2D eigenvalue weighted by Gasteiger charge is 2.27. The zero-order chi connectivity index (χ0) is 21.7. The average Bonchev–Trinajstić information content (AvgIpc) is 3.15. The number of aliphatic imine (C=N–C) groups is 1. The minimum Gasteiger partial charge on any atom is -0.481 e. The van der Waals surface area contributed by atoms with E-state index in [1.165, 1.54) is 25.4 Å². The molecule has 1 amide bonds. The third kappa shape index (κ3) is 5.98. The van der Waals surface area contributed by atoms with E-state index in [-0.39, 0.29) is 23.6 Å². The van der Waals surface area contributed by atoms with Gasteiger partial charge in [-0.1, -0.05) is 12.1 Å². The van der Waals surface area contributed by atoms with E-state index in [1.54, 1.807) is 24.3 Å². The van der Waals surface area contributed by atoms with Gasteiger partial charge >= 0.3 is 0 Å². The van der Waals surface area contributed by atoms with E-state index < -0.39 is 5.91 Å². The zero-order valence-corrected chi connectivity index (χ0v) is 17.5. The molecule has 1 aromatic heterocycles. The summed E-state index contributed by atoms with van der Waals surface area (Å²) < 4.78 is 18.2. The molecule has 1 fully saturated rings. The Labute approximate surface area is 175 Å². The molecule has 0 radical (unpaired) electrons. The van der Waals surface area contributed by atoms with Gasteiger partial charge in [0.25, 0.3) is 5.91 Å². The Balaban J connectivity index is 1.71. The molecule has 1 saturated heterocycles. The molecule has 2 atom stereocenters. The second-order valence-corrected chi connectivity index (χ2v) is 8.06. The van der Waals surface area contributed by atoms with Crippen molar-refractivity contribution in [3.63, 3.8) is 0 Å². The lowest BCUT2D eigenvalue weighted by Gasteiger charge is -2.25. The lowest BCUT2D eigenvalue weighted by atomic mass is 10.0. The minimum atomic E-state index is -0.426. The van der Waals surface area contributed by atoms with Crippen molar-refractivity contribution in [1.82, 2.24) is 26.5 Å².